The molecule has 8 heteroatoms. The van der Waals surface area contributed by atoms with E-state index in [1.165, 1.54) is 5.69 Å². The van der Waals surface area contributed by atoms with Gasteiger partial charge in [0.2, 0.25) is 0 Å². The predicted octanol–water partition coefficient (Wildman–Crippen LogP) is 1.65. The fourth-order valence-corrected chi connectivity index (χ4v) is 3.90. The van der Waals surface area contributed by atoms with Crippen LogP contribution >= 0.6 is 24.0 Å². The normalized spacial score (nSPS) is 21.7. The molecule has 0 radical (unpaired) electrons. The summed E-state index contributed by atoms with van der Waals surface area (Å²) >= 11 is 0. The summed E-state index contributed by atoms with van der Waals surface area (Å²) in [5, 5.41) is 3.50. The molecular weight excluding hydrogens is 479 g/mol. The van der Waals surface area contributed by atoms with E-state index in [2.05, 4.69) is 64.1 Å². The zero-order chi connectivity index (χ0) is 19.9. The Balaban J connectivity index is 0.00000300. The summed E-state index contributed by atoms with van der Waals surface area (Å²) in [5.41, 5.74) is 1.23. The van der Waals surface area contributed by atoms with Gasteiger partial charge in [-0.25, -0.2) is 0 Å². The van der Waals surface area contributed by atoms with Crippen molar-refractivity contribution in [1.29, 1.82) is 0 Å². The third-order valence-electron chi connectivity index (χ3n) is 5.76. The number of ether oxygens (including phenoxy) is 1. The van der Waals surface area contributed by atoms with Gasteiger partial charge in [0, 0.05) is 70.2 Å². The van der Waals surface area contributed by atoms with E-state index in [4.69, 9.17) is 9.73 Å². The molecule has 1 atom stereocenters. The molecule has 29 heavy (non-hydrogen) atoms. The van der Waals surface area contributed by atoms with Crippen LogP contribution in [0.3, 0.4) is 0 Å². The number of rotatable bonds is 5. The molecule has 1 aromatic carbocycles. The second kappa shape index (κ2) is 11.8. The van der Waals surface area contributed by atoms with Crippen LogP contribution in [0.25, 0.3) is 0 Å². The third-order valence-corrected chi connectivity index (χ3v) is 5.76. The summed E-state index contributed by atoms with van der Waals surface area (Å²) in [6.07, 6.45) is 0. The van der Waals surface area contributed by atoms with Crippen molar-refractivity contribution in [1.82, 2.24) is 20.0 Å². The minimum atomic E-state index is 0. The minimum absolute atomic E-state index is 0. The molecule has 0 saturated carbocycles. The second-order valence-corrected chi connectivity index (χ2v) is 7.77. The van der Waals surface area contributed by atoms with Crippen molar-refractivity contribution in [3.8, 4) is 5.75 Å². The Hall–Kier alpha value is -1.26. The molecule has 1 unspecified atom stereocenters. The van der Waals surface area contributed by atoms with E-state index in [9.17, 15) is 0 Å². The molecule has 0 amide bonds. The van der Waals surface area contributed by atoms with Gasteiger partial charge in [-0.15, -0.1) is 24.0 Å². The van der Waals surface area contributed by atoms with Crippen molar-refractivity contribution in [2.75, 3.05) is 85.0 Å². The molecule has 3 rings (SSSR count). The number of hydrogen-bond acceptors (Lipinski definition) is 5. The molecule has 2 saturated heterocycles. The van der Waals surface area contributed by atoms with E-state index in [1.807, 2.05) is 6.07 Å². The number of aliphatic imine (C=N–C) groups is 1. The second-order valence-electron chi connectivity index (χ2n) is 7.77. The Labute approximate surface area is 193 Å². The van der Waals surface area contributed by atoms with E-state index in [0.29, 0.717) is 6.04 Å². The Bertz CT molecular complexity index is 650. The van der Waals surface area contributed by atoms with E-state index >= 15 is 0 Å². The van der Waals surface area contributed by atoms with E-state index in [0.717, 1.165) is 70.6 Å². The highest BCUT2D eigenvalue weighted by Crippen LogP contribution is 2.22. The SMILES string of the molecule is CCNC(=NCC1CN(C)CCN1C)N1CCN(c2cccc(OC)c2)CC1.I. The number of piperazine rings is 2. The standard InChI is InChI=1S/C21H36N6O.HI/c1-5-22-21(23-16-19-17-24(2)9-10-25(19)3)27-13-11-26(12-14-27)18-7-6-8-20(15-18)28-4;/h6-8,15,19H,5,9-14,16-17H2,1-4H3,(H,22,23);1H. The van der Waals surface area contributed by atoms with E-state index in [1.54, 1.807) is 7.11 Å². The molecule has 0 aliphatic carbocycles. The lowest BCUT2D eigenvalue weighted by atomic mass is 10.2. The molecule has 0 spiro atoms. The molecule has 164 valence electrons. The number of benzene rings is 1. The maximum Gasteiger partial charge on any atom is 0.194 e. The molecule has 2 heterocycles. The topological polar surface area (TPSA) is 46.6 Å². The van der Waals surface area contributed by atoms with Crippen LogP contribution < -0.4 is 15.0 Å². The van der Waals surface area contributed by atoms with Gasteiger partial charge in [0.05, 0.1) is 13.7 Å². The molecule has 7 nitrogen and oxygen atoms in total. The van der Waals surface area contributed by atoms with Gasteiger partial charge in [0.1, 0.15) is 5.75 Å². The highest BCUT2D eigenvalue weighted by Gasteiger charge is 2.24. The number of nitrogens with one attached hydrogen (secondary N) is 1. The van der Waals surface area contributed by atoms with Crippen molar-refractivity contribution in [3.05, 3.63) is 24.3 Å². The van der Waals surface area contributed by atoms with Gasteiger partial charge in [0.25, 0.3) is 0 Å². The first-order chi connectivity index (χ1) is 13.6. The van der Waals surface area contributed by atoms with Gasteiger partial charge in [-0.1, -0.05) is 6.07 Å². The monoisotopic (exact) mass is 516 g/mol. The first kappa shape index (κ1) is 24.0. The lowest BCUT2D eigenvalue weighted by Gasteiger charge is -2.39. The van der Waals surface area contributed by atoms with Crippen molar-refractivity contribution >= 4 is 35.6 Å². The number of halogens is 1. The molecule has 0 aromatic heterocycles. The van der Waals surface area contributed by atoms with Crippen LogP contribution in [0.1, 0.15) is 6.92 Å². The smallest absolute Gasteiger partial charge is 0.194 e. The van der Waals surface area contributed by atoms with Crippen molar-refractivity contribution in [2.24, 2.45) is 4.99 Å². The lowest BCUT2D eigenvalue weighted by molar-refractivity contribution is 0.119. The summed E-state index contributed by atoms with van der Waals surface area (Å²) in [5.74, 6) is 1.96. The van der Waals surface area contributed by atoms with Gasteiger partial charge < -0.3 is 24.8 Å². The van der Waals surface area contributed by atoms with E-state index in [-0.39, 0.29) is 24.0 Å². The number of nitrogens with zero attached hydrogens (tertiary/aromatic N) is 5. The van der Waals surface area contributed by atoms with Crippen LogP contribution in [0.5, 0.6) is 5.75 Å². The van der Waals surface area contributed by atoms with Crippen molar-refractivity contribution in [2.45, 2.75) is 13.0 Å². The Morgan fingerprint density at radius 2 is 1.90 bits per heavy atom. The maximum absolute atomic E-state index is 5.37. The van der Waals surface area contributed by atoms with Crippen LogP contribution in [0.4, 0.5) is 5.69 Å². The summed E-state index contributed by atoms with van der Waals surface area (Å²) in [6.45, 7) is 11.2. The predicted molar refractivity (Wildman–Crippen MR) is 132 cm³/mol. The highest BCUT2D eigenvalue weighted by atomic mass is 127. The number of guanidine groups is 1. The fourth-order valence-electron chi connectivity index (χ4n) is 3.90. The van der Waals surface area contributed by atoms with Crippen LogP contribution in [0.2, 0.25) is 0 Å². The molecule has 2 aliphatic rings. The van der Waals surface area contributed by atoms with E-state index < -0.39 is 0 Å². The van der Waals surface area contributed by atoms with Crippen LogP contribution in [0, 0.1) is 0 Å². The molecule has 2 aliphatic heterocycles. The van der Waals surface area contributed by atoms with Crippen LogP contribution in [0.15, 0.2) is 29.3 Å². The summed E-state index contributed by atoms with van der Waals surface area (Å²) in [6, 6.07) is 8.82. The molecule has 1 aromatic rings. The largest absolute Gasteiger partial charge is 0.497 e. The average Bonchev–Trinajstić information content (AvgIpc) is 2.73. The maximum atomic E-state index is 5.37. The van der Waals surface area contributed by atoms with Gasteiger partial charge in [-0.05, 0) is 33.2 Å². The molecule has 0 bridgehead atoms. The molecule has 2 fully saturated rings. The van der Waals surface area contributed by atoms with Crippen molar-refractivity contribution < 1.29 is 4.74 Å². The van der Waals surface area contributed by atoms with Crippen LogP contribution in [-0.4, -0.2) is 107 Å². The van der Waals surface area contributed by atoms with Gasteiger partial charge in [0.15, 0.2) is 5.96 Å². The minimum Gasteiger partial charge on any atom is -0.497 e. The molecular formula is C21H37IN6O. The summed E-state index contributed by atoms with van der Waals surface area (Å²) in [7, 11) is 6.14. The summed E-state index contributed by atoms with van der Waals surface area (Å²) in [4.78, 5) is 14.7. The lowest BCUT2D eigenvalue weighted by Crippen LogP contribution is -2.54. The van der Waals surface area contributed by atoms with Gasteiger partial charge in [-0.2, -0.15) is 0 Å². The zero-order valence-electron chi connectivity index (χ0n) is 18.3. The Kier molecular flexibility index (Phi) is 9.78. The van der Waals surface area contributed by atoms with Crippen molar-refractivity contribution in [3.63, 3.8) is 0 Å². The molecule has 1 N–H and O–H groups in total. The van der Waals surface area contributed by atoms with Crippen LogP contribution in [-0.2, 0) is 0 Å². The van der Waals surface area contributed by atoms with Gasteiger partial charge in [-0.3, -0.25) is 9.89 Å². The van der Waals surface area contributed by atoms with Gasteiger partial charge >= 0.3 is 0 Å². The summed E-state index contributed by atoms with van der Waals surface area (Å²) < 4.78 is 5.37. The zero-order valence-corrected chi connectivity index (χ0v) is 20.6. The first-order valence-electron chi connectivity index (χ1n) is 10.4. The number of likely N-dealkylation sites (N-methyl/N-ethyl adjacent to an activating group) is 2. The Morgan fingerprint density at radius 1 is 1.14 bits per heavy atom. The average molecular weight is 516 g/mol. The quantitative estimate of drug-likeness (QED) is 0.365. The highest BCUT2D eigenvalue weighted by molar-refractivity contribution is 14.0. The number of hydrogen-bond donors (Lipinski definition) is 1. The number of methoxy groups -OCH3 is 1. The number of anilines is 1. The third kappa shape index (κ3) is 6.62. The fraction of sp³-hybridized carbons (Fsp3) is 0.667. The first-order valence-corrected chi connectivity index (χ1v) is 10.4. The Morgan fingerprint density at radius 3 is 2.59 bits per heavy atom.